The zero-order valence-electron chi connectivity index (χ0n) is 17.3. The van der Waals surface area contributed by atoms with Gasteiger partial charge in [0.1, 0.15) is 5.84 Å². The van der Waals surface area contributed by atoms with E-state index in [0.717, 1.165) is 23.3 Å². The molecule has 164 valence electrons. The number of amidine groups is 1. The van der Waals surface area contributed by atoms with Crippen molar-refractivity contribution in [3.63, 3.8) is 0 Å². The van der Waals surface area contributed by atoms with Gasteiger partial charge in [-0.3, -0.25) is 4.79 Å². The van der Waals surface area contributed by atoms with E-state index in [-0.39, 0.29) is 5.56 Å². The normalized spacial score (nSPS) is 14.4. The molecule has 1 amide bonds. The van der Waals surface area contributed by atoms with Crippen LogP contribution in [0.1, 0.15) is 27.0 Å². The van der Waals surface area contributed by atoms with E-state index in [4.69, 9.17) is 9.47 Å². The van der Waals surface area contributed by atoms with Crippen LogP contribution in [0.5, 0.6) is 11.5 Å². The van der Waals surface area contributed by atoms with Crippen molar-refractivity contribution in [3.05, 3.63) is 89.0 Å². The molecule has 0 atom stereocenters. The van der Waals surface area contributed by atoms with Crippen molar-refractivity contribution in [2.45, 2.75) is 12.7 Å². The maximum atomic E-state index is 13.1. The summed E-state index contributed by atoms with van der Waals surface area (Å²) in [4.78, 5) is 18.9. The second-order valence-electron chi connectivity index (χ2n) is 7.10. The summed E-state index contributed by atoms with van der Waals surface area (Å²) in [5, 5.41) is 0. The van der Waals surface area contributed by atoms with Gasteiger partial charge >= 0.3 is 6.18 Å². The van der Waals surface area contributed by atoms with Gasteiger partial charge in [0.2, 0.25) is 0 Å². The van der Waals surface area contributed by atoms with Crippen LogP contribution >= 0.6 is 0 Å². The van der Waals surface area contributed by atoms with Crippen LogP contribution in [0.2, 0.25) is 0 Å². The maximum Gasteiger partial charge on any atom is 0.416 e. The molecule has 1 heterocycles. The van der Waals surface area contributed by atoms with Crippen molar-refractivity contribution in [2.24, 2.45) is 4.99 Å². The van der Waals surface area contributed by atoms with Crippen molar-refractivity contribution in [1.29, 1.82) is 0 Å². The summed E-state index contributed by atoms with van der Waals surface area (Å²) < 4.78 is 49.9. The summed E-state index contributed by atoms with van der Waals surface area (Å²) in [6, 6.07) is 17.0. The van der Waals surface area contributed by atoms with Crippen molar-refractivity contribution in [3.8, 4) is 11.5 Å². The van der Waals surface area contributed by atoms with E-state index in [0.29, 0.717) is 29.6 Å². The van der Waals surface area contributed by atoms with Gasteiger partial charge in [0, 0.05) is 22.9 Å². The molecule has 0 bridgehead atoms. The van der Waals surface area contributed by atoms with E-state index >= 15 is 0 Å². The van der Waals surface area contributed by atoms with Gasteiger partial charge in [-0.05, 0) is 35.9 Å². The second kappa shape index (κ2) is 8.37. The van der Waals surface area contributed by atoms with E-state index in [2.05, 4.69) is 4.99 Å². The fourth-order valence-electron chi connectivity index (χ4n) is 3.58. The van der Waals surface area contributed by atoms with Crippen molar-refractivity contribution < 1.29 is 27.4 Å². The molecule has 0 saturated heterocycles. The molecule has 0 unspecified atom stereocenters. The third-order valence-electron chi connectivity index (χ3n) is 5.17. The molecule has 0 aromatic heterocycles. The van der Waals surface area contributed by atoms with Crippen LogP contribution in [0.4, 0.5) is 18.9 Å². The van der Waals surface area contributed by atoms with Gasteiger partial charge in [0.15, 0.2) is 11.5 Å². The summed E-state index contributed by atoms with van der Waals surface area (Å²) in [7, 11) is 3.05. The van der Waals surface area contributed by atoms with Crippen LogP contribution in [-0.2, 0) is 12.7 Å². The first-order chi connectivity index (χ1) is 15.3. The maximum absolute atomic E-state index is 13.1. The average Bonchev–Trinajstić information content (AvgIpc) is 3.16. The van der Waals surface area contributed by atoms with Gasteiger partial charge in [-0.1, -0.05) is 30.3 Å². The smallest absolute Gasteiger partial charge is 0.416 e. The van der Waals surface area contributed by atoms with Crippen LogP contribution in [0.15, 0.2) is 71.7 Å². The fraction of sp³-hybridized carbons (Fsp3) is 0.167. The summed E-state index contributed by atoms with van der Waals surface area (Å²) in [5.41, 5.74) is 1.35. The highest BCUT2D eigenvalue weighted by atomic mass is 19.4. The lowest BCUT2D eigenvalue weighted by Crippen LogP contribution is -2.25. The molecular weight excluding hydrogens is 421 g/mol. The first-order valence-electron chi connectivity index (χ1n) is 9.70. The molecule has 4 rings (SSSR count). The first-order valence-corrected chi connectivity index (χ1v) is 9.70. The van der Waals surface area contributed by atoms with Crippen LogP contribution in [0, 0.1) is 0 Å². The fourth-order valence-corrected chi connectivity index (χ4v) is 3.58. The molecule has 32 heavy (non-hydrogen) atoms. The molecule has 0 aliphatic carbocycles. The Morgan fingerprint density at radius 1 is 0.938 bits per heavy atom. The molecule has 0 fully saturated rings. The molecule has 5 nitrogen and oxygen atoms in total. The Bertz CT molecular complexity index is 1210. The summed E-state index contributed by atoms with van der Waals surface area (Å²) >= 11 is 0. The predicted octanol–water partition coefficient (Wildman–Crippen LogP) is 5.33. The molecule has 3 aromatic carbocycles. The molecule has 3 aromatic rings. The lowest BCUT2D eigenvalue weighted by Gasteiger charge is -2.20. The number of rotatable bonds is 4. The van der Waals surface area contributed by atoms with Crippen molar-refractivity contribution >= 4 is 17.4 Å². The molecule has 1 aliphatic heterocycles. The van der Waals surface area contributed by atoms with Crippen molar-refractivity contribution in [1.82, 2.24) is 0 Å². The Morgan fingerprint density at radius 2 is 1.69 bits per heavy atom. The average molecular weight is 440 g/mol. The molecular formula is C24H19F3N2O3. The Hall–Kier alpha value is -3.81. The zero-order chi connectivity index (χ0) is 22.9. The number of nitrogens with zero attached hydrogens (tertiary/aromatic N) is 2. The standard InChI is InChI=1S/C24H19F3N2O3/c1-31-20-11-10-18(13-21(20)32-2)29-14-16-6-3-4-9-19(16)22(29)28-23(30)15-7-5-8-17(12-15)24(25,26)27/h3-13H,14H2,1-2H3. The number of amides is 1. The number of halogens is 3. The highest BCUT2D eigenvalue weighted by Crippen LogP contribution is 2.36. The molecule has 8 heteroatoms. The third kappa shape index (κ3) is 4.03. The number of carbonyl (C=O) groups excluding carboxylic acids is 1. The number of fused-ring (bicyclic) bond motifs is 1. The van der Waals surface area contributed by atoms with Gasteiger partial charge < -0.3 is 14.4 Å². The lowest BCUT2D eigenvalue weighted by molar-refractivity contribution is -0.137. The minimum atomic E-state index is -4.55. The molecule has 0 N–H and O–H groups in total. The van der Waals surface area contributed by atoms with E-state index in [1.807, 2.05) is 29.2 Å². The van der Waals surface area contributed by atoms with Gasteiger partial charge in [0.25, 0.3) is 5.91 Å². The van der Waals surface area contributed by atoms with Gasteiger partial charge in [-0.25, -0.2) is 0 Å². The predicted molar refractivity (Wildman–Crippen MR) is 114 cm³/mol. The van der Waals surface area contributed by atoms with Crippen LogP contribution in [0.25, 0.3) is 0 Å². The second-order valence-corrected chi connectivity index (χ2v) is 7.10. The first kappa shape index (κ1) is 21.4. The highest BCUT2D eigenvalue weighted by molar-refractivity contribution is 6.18. The summed E-state index contributed by atoms with van der Waals surface area (Å²) in [5.74, 6) is 0.652. The number of benzene rings is 3. The topological polar surface area (TPSA) is 51.1 Å². The molecule has 1 aliphatic rings. The number of anilines is 1. The number of ether oxygens (including phenoxy) is 2. The Labute approximate surface area is 182 Å². The number of aliphatic imine (C=N–C) groups is 1. The van der Waals surface area contributed by atoms with Crippen LogP contribution < -0.4 is 14.4 Å². The van der Waals surface area contributed by atoms with Crippen LogP contribution in [-0.4, -0.2) is 26.0 Å². The van der Waals surface area contributed by atoms with E-state index in [1.165, 1.54) is 26.4 Å². The van der Waals surface area contributed by atoms with E-state index in [9.17, 15) is 18.0 Å². The Morgan fingerprint density at radius 3 is 2.41 bits per heavy atom. The van der Waals surface area contributed by atoms with Gasteiger partial charge in [-0.2, -0.15) is 18.2 Å². The summed E-state index contributed by atoms with van der Waals surface area (Å²) in [6.07, 6.45) is -4.55. The minimum Gasteiger partial charge on any atom is -0.493 e. The van der Waals surface area contributed by atoms with Crippen LogP contribution in [0.3, 0.4) is 0 Å². The van der Waals surface area contributed by atoms with E-state index in [1.54, 1.807) is 18.2 Å². The van der Waals surface area contributed by atoms with Gasteiger partial charge in [-0.15, -0.1) is 0 Å². The zero-order valence-corrected chi connectivity index (χ0v) is 17.3. The number of methoxy groups -OCH3 is 2. The summed E-state index contributed by atoms with van der Waals surface area (Å²) in [6.45, 7) is 0.445. The SMILES string of the molecule is COc1ccc(N2Cc3ccccc3C2=NC(=O)c2cccc(C(F)(F)F)c2)cc1OC. The van der Waals surface area contributed by atoms with Crippen molar-refractivity contribution in [2.75, 3.05) is 19.1 Å². The van der Waals surface area contributed by atoms with E-state index < -0.39 is 17.6 Å². The number of alkyl halides is 3. The lowest BCUT2D eigenvalue weighted by atomic mass is 10.1. The Kier molecular flexibility index (Phi) is 5.61. The molecule has 0 spiro atoms. The number of hydrogen-bond donors (Lipinski definition) is 0. The largest absolute Gasteiger partial charge is 0.493 e. The minimum absolute atomic E-state index is 0.135. The quantitative estimate of drug-likeness (QED) is 0.550. The Balaban J connectivity index is 1.77. The third-order valence-corrected chi connectivity index (χ3v) is 5.17. The van der Waals surface area contributed by atoms with Gasteiger partial charge in [0.05, 0.1) is 26.3 Å². The highest BCUT2D eigenvalue weighted by Gasteiger charge is 2.32. The number of carbonyl (C=O) groups is 1. The monoisotopic (exact) mass is 440 g/mol. The molecule has 0 saturated carbocycles. The molecule has 0 radical (unpaired) electrons. The number of hydrogen-bond acceptors (Lipinski definition) is 3.